The molecule has 0 atom stereocenters. The van der Waals surface area contributed by atoms with Crippen LogP contribution in [-0.4, -0.2) is 22.2 Å². The second kappa shape index (κ2) is 6.43. The summed E-state index contributed by atoms with van der Waals surface area (Å²) in [6.07, 6.45) is 4.49. The van der Waals surface area contributed by atoms with Crippen molar-refractivity contribution < 1.29 is 4.79 Å². The summed E-state index contributed by atoms with van der Waals surface area (Å²) < 4.78 is 1.98. The van der Waals surface area contributed by atoms with Crippen LogP contribution in [0.25, 0.3) is 10.6 Å². The molecule has 0 aromatic carbocycles. The van der Waals surface area contributed by atoms with E-state index in [-0.39, 0.29) is 11.8 Å². The number of rotatable bonds is 5. The van der Waals surface area contributed by atoms with E-state index in [1.165, 1.54) is 17.7 Å². The smallest absolute Gasteiger partial charge is 0.223 e. The molecule has 0 radical (unpaired) electrons. The van der Waals surface area contributed by atoms with E-state index in [9.17, 15) is 4.79 Å². The Hall–Kier alpha value is -1.62. The topological polar surface area (TPSA) is 46.9 Å². The fourth-order valence-electron chi connectivity index (χ4n) is 2.90. The average Bonchev–Trinajstić information content (AvgIpc) is 3.20. The van der Waals surface area contributed by atoms with Gasteiger partial charge in [-0.15, -0.1) is 11.3 Å². The zero-order valence-electron chi connectivity index (χ0n) is 12.3. The average molecular weight is 303 g/mol. The van der Waals surface area contributed by atoms with Gasteiger partial charge in [0.05, 0.1) is 11.4 Å². The monoisotopic (exact) mass is 303 g/mol. The molecule has 1 fully saturated rings. The molecule has 2 aromatic rings. The van der Waals surface area contributed by atoms with Crippen molar-refractivity contribution in [3.05, 3.63) is 29.3 Å². The van der Waals surface area contributed by atoms with Crippen molar-refractivity contribution in [2.24, 2.45) is 5.92 Å². The predicted octanol–water partition coefficient (Wildman–Crippen LogP) is 3.23. The first-order valence-corrected chi connectivity index (χ1v) is 8.48. The molecule has 1 aliphatic carbocycles. The number of nitrogens with one attached hydrogen (secondary N) is 1. The molecular weight excluding hydrogens is 282 g/mol. The molecule has 3 rings (SSSR count). The quantitative estimate of drug-likeness (QED) is 0.922. The highest BCUT2D eigenvalue weighted by molar-refractivity contribution is 7.13. The van der Waals surface area contributed by atoms with Gasteiger partial charge in [-0.1, -0.05) is 18.9 Å². The second-order valence-electron chi connectivity index (χ2n) is 5.64. The van der Waals surface area contributed by atoms with Crippen LogP contribution in [0.1, 0.15) is 31.4 Å². The summed E-state index contributed by atoms with van der Waals surface area (Å²) in [5.41, 5.74) is 2.15. The van der Waals surface area contributed by atoms with E-state index in [1.54, 1.807) is 11.3 Å². The van der Waals surface area contributed by atoms with E-state index in [2.05, 4.69) is 34.9 Å². The lowest BCUT2D eigenvalue weighted by Gasteiger charge is -2.10. The molecular formula is C16H21N3OS. The summed E-state index contributed by atoms with van der Waals surface area (Å²) in [4.78, 5) is 13.2. The highest BCUT2D eigenvalue weighted by atomic mass is 32.1. The maximum absolute atomic E-state index is 12.0. The fraction of sp³-hybridized carbons (Fsp3) is 0.500. The lowest BCUT2D eigenvalue weighted by Crippen LogP contribution is -2.32. The Balaban J connectivity index is 1.54. The van der Waals surface area contributed by atoms with Crippen molar-refractivity contribution in [3.63, 3.8) is 0 Å². The summed E-state index contributed by atoms with van der Waals surface area (Å²) in [5, 5.41) is 9.73. The third-order valence-electron chi connectivity index (χ3n) is 4.10. The molecule has 1 saturated carbocycles. The van der Waals surface area contributed by atoms with Gasteiger partial charge in [0, 0.05) is 18.2 Å². The molecule has 1 amide bonds. The fourth-order valence-corrected chi connectivity index (χ4v) is 3.58. The maximum Gasteiger partial charge on any atom is 0.223 e. The zero-order chi connectivity index (χ0) is 14.7. The number of carbonyl (C=O) groups excluding carboxylic acids is 1. The Labute approximate surface area is 129 Å². The largest absolute Gasteiger partial charge is 0.354 e. The number of aryl methyl sites for hydroxylation is 1. The van der Waals surface area contributed by atoms with E-state index >= 15 is 0 Å². The van der Waals surface area contributed by atoms with Crippen molar-refractivity contribution >= 4 is 17.2 Å². The van der Waals surface area contributed by atoms with Gasteiger partial charge < -0.3 is 5.32 Å². The number of hydrogen-bond donors (Lipinski definition) is 1. The van der Waals surface area contributed by atoms with Gasteiger partial charge in [-0.3, -0.25) is 9.48 Å². The van der Waals surface area contributed by atoms with Crippen molar-refractivity contribution in [3.8, 4) is 10.6 Å². The van der Waals surface area contributed by atoms with Gasteiger partial charge in [0.1, 0.15) is 5.69 Å². The number of hydrogen-bond acceptors (Lipinski definition) is 3. The highest BCUT2D eigenvalue weighted by Gasteiger charge is 2.22. The number of thiophene rings is 1. The standard InChI is InChI=1S/C16H21N3OS/c1-12-11-14(15-7-4-10-21-15)18-19(12)9-8-17-16(20)13-5-2-3-6-13/h4,7,10-11,13H,2-3,5-6,8-9H2,1H3,(H,17,20). The second-order valence-corrected chi connectivity index (χ2v) is 6.59. The van der Waals surface area contributed by atoms with Gasteiger partial charge >= 0.3 is 0 Å². The minimum absolute atomic E-state index is 0.218. The third kappa shape index (κ3) is 3.35. The van der Waals surface area contributed by atoms with Crippen LogP contribution >= 0.6 is 11.3 Å². The minimum Gasteiger partial charge on any atom is -0.354 e. The number of carbonyl (C=O) groups is 1. The Morgan fingerprint density at radius 1 is 1.48 bits per heavy atom. The van der Waals surface area contributed by atoms with Gasteiger partial charge in [0.25, 0.3) is 0 Å². The first-order valence-electron chi connectivity index (χ1n) is 7.60. The SMILES string of the molecule is Cc1cc(-c2cccs2)nn1CCNC(=O)C1CCCC1. The van der Waals surface area contributed by atoms with Crippen LogP contribution in [0.3, 0.4) is 0 Å². The minimum atomic E-state index is 0.218. The maximum atomic E-state index is 12.0. The molecule has 112 valence electrons. The summed E-state index contributed by atoms with van der Waals surface area (Å²) in [6.45, 7) is 3.44. The van der Waals surface area contributed by atoms with E-state index in [4.69, 9.17) is 0 Å². The zero-order valence-corrected chi connectivity index (χ0v) is 13.2. The van der Waals surface area contributed by atoms with Crippen LogP contribution in [0.15, 0.2) is 23.6 Å². The van der Waals surface area contributed by atoms with Crippen LogP contribution in [0.4, 0.5) is 0 Å². The lowest BCUT2D eigenvalue weighted by molar-refractivity contribution is -0.124. The van der Waals surface area contributed by atoms with Crippen LogP contribution in [-0.2, 0) is 11.3 Å². The van der Waals surface area contributed by atoms with E-state index in [1.807, 2.05) is 10.7 Å². The molecule has 0 spiro atoms. The normalized spacial score (nSPS) is 15.5. The predicted molar refractivity (Wildman–Crippen MR) is 85.2 cm³/mol. The number of aromatic nitrogens is 2. The Morgan fingerprint density at radius 2 is 2.29 bits per heavy atom. The molecule has 0 saturated heterocycles. The Morgan fingerprint density at radius 3 is 3.00 bits per heavy atom. The molecule has 1 N–H and O–H groups in total. The summed E-state index contributed by atoms with van der Waals surface area (Å²) in [7, 11) is 0. The molecule has 0 bridgehead atoms. The van der Waals surface area contributed by atoms with Gasteiger partial charge in [-0.25, -0.2) is 0 Å². The van der Waals surface area contributed by atoms with Crippen molar-refractivity contribution in [2.75, 3.05) is 6.54 Å². The highest BCUT2D eigenvalue weighted by Crippen LogP contribution is 2.25. The van der Waals surface area contributed by atoms with Crippen LogP contribution in [0.2, 0.25) is 0 Å². The number of amides is 1. The molecule has 4 nitrogen and oxygen atoms in total. The Kier molecular flexibility index (Phi) is 4.39. The van der Waals surface area contributed by atoms with E-state index in [0.717, 1.165) is 30.8 Å². The van der Waals surface area contributed by atoms with Crippen molar-refractivity contribution in [1.29, 1.82) is 0 Å². The molecule has 2 aromatic heterocycles. The molecule has 0 unspecified atom stereocenters. The molecule has 2 heterocycles. The van der Waals surface area contributed by atoms with Crippen molar-refractivity contribution in [1.82, 2.24) is 15.1 Å². The molecule has 5 heteroatoms. The molecule has 1 aliphatic rings. The van der Waals surface area contributed by atoms with E-state index < -0.39 is 0 Å². The summed E-state index contributed by atoms with van der Waals surface area (Å²) in [6, 6.07) is 6.22. The first kappa shape index (κ1) is 14.3. The van der Waals surface area contributed by atoms with Gasteiger partial charge in [-0.2, -0.15) is 5.10 Å². The van der Waals surface area contributed by atoms with Gasteiger partial charge in [-0.05, 0) is 37.3 Å². The summed E-state index contributed by atoms with van der Waals surface area (Å²) >= 11 is 1.70. The van der Waals surface area contributed by atoms with Gasteiger partial charge in [0.2, 0.25) is 5.91 Å². The summed E-state index contributed by atoms with van der Waals surface area (Å²) in [5.74, 6) is 0.459. The molecule has 0 aliphatic heterocycles. The van der Waals surface area contributed by atoms with Crippen LogP contribution in [0, 0.1) is 12.8 Å². The van der Waals surface area contributed by atoms with Crippen molar-refractivity contribution in [2.45, 2.75) is 39.2 Å². The number of nitrogens with zero attached hydrogens (tertiary/aromatic N) is 2. The van der Waals surface area contributed by atoms with Crippen LogP contribution in [0.5, 0.6) is 0 Å². The molecule has 21 heavy (non-hydrogen) atoms. The third-order valence-corrected chi connectivity index (χ3v) is 5.00. The first-order chi connectivity index (χ1) is 10.2. The Bertz CT molecular complexity index is 597. The van der Waals surface area contributed by atoms with E-state index in [0.29, 0.717) is 6.54 Å². The van der Waals surface area contributed by atoms with Gasteiger partial charge in [0.15, 0.2) is 0 Å². The lowest BCUT2D eigenvalue weighted by atomic mass is 10.1. The van der Waals surface area contributed by atoms with Crippen LogP contribution < -0.4 is 5.32 Å².